The van der Waals surface area contributed by atoms with Gasteiger partial charge < -0.3 is 25.2 Å². The fourth-order valence-electron chi connectivity index (χ4n) is 3.84. The number of amides is 1. The molecule has 11 nitrogen and oxygen atoms in total. The predicted molar refractivity (Wildman–Crippen MR) is 135 cm³/mol. The number of piperazine rings is 1. The van der Waals surface area contributed by atoms with E-state index < -0.39 is 0 Å². The number of H-pyrrole nitrogens is 1. The molecule has 4 rings (SSSR count). The molecule has 182 valence electrons. The minimum Gasteiger partial charge on any atom is -0.490 e. The molecule has 35 heavy (non-hydrogen) atoms. The fourth-order valence-corrected chi connectivity index (χ4v) is 3.84. The van der Waals surface area contributed by atoms with Crippen LogP contribution in [0.4, 0.5) is 29.0 Å². The van der Waals surface area contributed by atoms with E-state index in [1.807, 2.05) is 43.0 Å². The lowest BCUT2D eigenvalue weighted by Crippen LogP contribution is -2.48. The third-order valence-electron chi connectivity index (χ3n) is 5.69. The van der Waals surface area contributed by atoms with Crippen LogP contribution >= 0.6 is 0 Å². The van der Waals surface area contributed by atoms with E-state index in [9.17, 15) is 4.79 Å². The van der Waals surface area contributed by atoms with E-state index in [-0.39, 0.29) is 5.91 Å². The van der Waals surface area contributed by atoms with E-state index in [4.69, 9.17) is 11.3 Å². The molecule has 0 saturated carbocycles. The molecule has 0 aliphatic carbocycles. The van der Waals surface area contributed by atoms with Crippen LogP contribution in [0.2, 0.25) is 0 Å². The van der Waals surface area contributed by atoms with Crippen molar-refractivity contribution in [2.75, 3.05) is 54.9 Å². The molecular weight excluding hydrogens is 446 g/mol. The van der Waals surface area contributed by atoms with Gasteiger partial charge in [-0.15, -0.1) is 0 Å². The molecule has 3 N–H and O–H groups in total. The van der Waals surface area contributed by atoms with Crippen LogP contribution in [-0.4, -0.2) is 70.3 Å². The quantitative estimate of drug-likeness (QED) is 0.336. The van der Waals surface area contributed by atoms with Crippen molar-refractivity contribution in [1.29, 1.82) is 0 Å². The largest absolute Gasteiger partial charge is 0.490 e. The molecule has 0 bridgehead atoms. The van der Waals surface area contributed by atoms with Crippen molar-refractivity contribution in [1.82, 2.24) is 25.1 Å². The number of hydrogen-bond donors (Lipinski definition) is 3. The summed E-state index contributed by atoms with van der Waals surface area (Å²) in [4.78, 5) is 28.2. The summed E-state index contributed by atoms with van der Waals surface area (Å²) in [5.74, 6) is 3.41. The lowest BCUT2D eigenvalue weighted by atomic mass is 10.2. The van der Waals surface area contributed by atoms with E-state index in [1.165, 1.54) is 0 Å². The van der Waals surface area contributed by atoms with E-state index in [1.54, 1.807) is 13.1 Å². The first-order valence-electron chi connectivity index (χ1n) is 11.4. The number of carbonyl (C=O) groups is 1. The van der Waals surface area contributed by atoms with E-state index in [2.05, 4.69) is 40.5 Å². The number of aryl methyl sites for hydroxylation is 2. The molecule has 1 fully saturated rings. The molecule has 0 radical (unpaired) electrons. The molecule has 0 unspecified atom stereocenters. The smallest absolute Gasteiger partial charge is 0.231 e. The van der Waals surface area contributed by atoms with Crippen LogP contribution in [0.15, 0.2) is 30.5 Å². The van der Waals surface area contributed by atoms with Gasteiger partial charge in [0.05, 0.1) is 12.8 Å². The van der Waals surface area contributed by atoms with Gasteiger partial charge in [0.2, 0.25) is 11.6 Å². The minimum atomic E-state index is 0.111. The van der Waals surface area contributed by atoms with Gasteiger partial charge >= 0.3 is 0 Å². The standard InChI is InChI=1S/C24H29N9O2/c1-16-13-20(28-21-14-17(2)30-31-21)29-24(23(16)25-4)26-7-12-35-19-5-6-22(27-15-19)33-10-8-32(9-11-33)18(3)34/h5-6,13-15H,7-12H2,1-3H3,(H3,26,28,29,30,31). The van der Waals surface area contributed by atoms with Crippen LogP contribution in [0, 0.1) is 20.4 Å². The molecule has 1 saturated heterocycles. The van der Waals surface area contributed by atoms with Crippen LogP contribution in [0.1, 0.15) is 18.2 Å². The number of aromatic amines is 1. The van der Waals surface area contributed by atoms with E-state index >= 15 is 0 Å². The van der Waals surface area contributed by atoms with Gasteiger partial charge in [-0.05, 0) is 37.6 Å². The molecular formula is C24H29N9O2. The molecule has 3 aromatic heterocycles. The van der Waals surface area contributed by atoms with Crippen molar-refractivity contribution in [3.63, 3.8) is 0 Å². The van der Waals surface area contributed by atoms with Gasteiger partial charge in [-0.2, -0.15) is 5.10 Å². The number of anilines is 4. The zero-order valence-electron chi connectivity index (χ0n) is 20.1. The Morgan fingerprint density at radius 1 is 1.20 bits per heavy atom. The first kappa shape index (κ1) is 23.8. The summed E-state index contributed by atoms with van der Waals surface area (Å²) in [5, 5.41) is 13.4. The first-order valence-corrected chi connectivity index (χ1v) is 11.4. The summed E-state index contributed by atoms with van der Waals surface area (Å²) in [7, 11) is 0. The Morgan fingerprint density at radius 2 is 2.00 bits per heavy atom. The molecule has 1 aliphatic rings. The van der Waals surface area contributed by atoms with Crippen LogP contribution in [0.3, 0.4) is 0 Å². The van der Waals surface area contributed by atoms with Crippen molar-refractivity contribution in [2.45, 2.75) is 20.8 Å². The SMILES string of the molecule is [C-]#[N+]c1c(C)cc(Nc2cc(C)[nH]n2)nc1NCCOc1ccc(N2CCN(C(C)=O)CC2)nc1. The predicted octanol–water partition coefficient (Wildman–Crippen LogP) is 3.27. The Kier molecular flexibility index (Phi) is 7.30. The lowest BCUT2D eigenvalue weighted by molar-refractivity contribution is -0.129. The van der Waals surface area contributed by atoms with Gasteiger partial charge in [-0.1, -0.05) is 0 Å². The van der Waals surface area contributed by atoms with Crippen molar-refractivity contribution >= 4 is 34.9 Å². The Labute approximate surface area is 204 Å². The van der Waals surface area contributed by atoms with Gasteiger partial charge in [-0.25, -0.2) is 14.8 Å². The molecule has 0 aromatic carbocycles. The number of ether oxygens (including phenoxy) is 1. The highest BCUT2D eigenvalue weighted by Crippen LogP contribution is 2.30. The molecule has 4 heterocycles. The maximum absolute atomic E-state index is 11.5. The minimum absolute atomic E-state index is 0.111. The highest BCUT2D eigenvalue weighted by Gasteiger charge is 2.19. The van der Waals surface area contributed by atoms with Crippen molar-refractivity contribution < 1.29 is 9.53 Å². The van der Waals surface area contributed by atoms with Crippen molar-refractivity contribution in [3.05, 3.63) is 53.1 Å². The summed E-state index contributed by atoms with van der Waals surface area (Å²) >= 11 is 0. The summed E-state index contributed by atoms with van der Waals surface area (Å²) in [6.07, 6.45) is 1.70. The molecule has 0 atom stereocenters. The van der Waals surface area contributed by atoms with Crippen LogP contribution in [0.5, 0.6) is 5.75 Å². The third-order valence-corrected chi connectivity index (χ3v) is 5.69. The summed E-state index contributed by atoms with van der Waals surface area (Å²) in [6, 6.07) is 7.53. The maximum atomic E-state index is 11.5. The molecule has 1 amide bonds. The van der Waals surface area contributed by atoms with Crippen LogP contribution in [-0.2, 0) is 4.79 Å². The van der Waals surface area contributed by atoms with Crippen LogP contribution < -0.4 is 20.3 Å². The summed E-state index contributed by atoms with van der Waals surface area (Å²) in [6.45, 7) is 16.7. The van der Waals surface area contributed by atoms with Gasteiger partial charge in [0.1, 0.15) is 29.8 Å². The van der Waals surface area contributed by atoms with Gasteiger partial charge in [0, 0.05) is 51.4 Å². The number of carbonyl (C=O) groups excluding carboxylic acids is 1. The van der Waals surface area contributed by atoms with E-state index in [0.29, 0.717) is 55.1 Å². The number of pyridine rings is 2. The fraction of sp³-hybridized carbons (Fsp3) is 0.375. The summed E-state index contributed by atoms with van der Waals surface area (Å²) in [5.41, 5.74) is 2.23. The Bertz CT molecular complexity index is 1210. The number of aromatic nitrogens is 4. The second-order valence-electron chi connectivity index (χ2n) is 8.32. The number of hydrogen-bond acceptors (Lipinski definition) is 8. The number of nitrogens with zero attached hydrogens (tertiary/aromatic N) is 6. The van der Waals surface area contributed by atoms with Crippen molar-refractivity contribution in [2.24, 2.45) is 0 Å². The van der Waals surface area contributed by atoms with Crippen LogP contribution in [0.25, 0.3) is 4.85 Å². The van der Waals surface area contributed by atoms with E-state index in [0.717, 1.165) is 30.2 Å². The zero-order chi connectivity index (χ0) is 24.8. The highest BCUT2D eigenvalue weighted by atomic mass is 16.5. The number of rotatable bonds is 8. The normalized spacial score (nSPS) is 13.3. The Morgan fingerprint density at radius 3 is 2.63 bits per heavy atom. The molecule has 11 heteroatoms. The average molecular weight is 476 g/mol. The lowest BCUT2D eigenvalue weighted by Gasteiger charge is -2.34. The van der Waals surface area contributed by atoms with Crippen molar-refractivity contribution in [3.8, 4) is 5.75 Å². The van der Waals surface area contributed by atoms with Gasteiger partial charge in [0.25, 0.3) is 0 Å². The molecule has 1 aliphatic heterocycles. The third kappa shape index (κ3) is 5.97. The average Bonchev–Trinajstić information content (AvgIpc) is 3.26. The Balaban J connectivity index is 1.30. The topological polar surface area (TPSA) is 116 Å². The molecule has 0 spiro atoms. The summed E-state index contributed by atoms with van der Waals surface area (Å²) < 4.78 is 5.82. The zero-order valence-corrected chi connectivity index (χ0v) is 20.1. The second kappa shape index (κ2) is 10.7. The van der Waals surface area contributed by atoms with Gasteiger partial charge in [-0.3, -0.25) is 9.89 Å². The van der Waals surface area contributed by atoms with Gasteiger partial charge in [0.15, 0.2) is 5.82 Å². The Hall–Kier alpha value is -4.33. The monoisotopic (exact) mass is 475 g/mol. The second-order valence-corrected chi connectivity index (χ2v) is 8.32. The number of nitrogens with one attached hydrogen (secondary N) is 3. The highest BCUT2D eigenvalue weighted by molar-refractivity contribution is 5.74. The maximum Gasteiger partial charge on any atom is 0.231 e. The molecule has 3 aromatic rings. The first-order chi connectivity index (χ1) is 16.9.